The zero-order chi connectivity index (χ0) is 13.7. The molecule has 1 aliphatic heterocycles. The van der Waals surface area contributed by atoms with E-state index < -0.39 is 0 Å². The Kier molecular flexibility index (Phi) is 4.57. The molecule has 1 aromatic rings. The number of morpholine rings is 1. The summed E-state index contributed by atoms with van der Waals surface area (Å²) < 4.78 is 11.8. The number of carbonyl (C=O) groups excluding carboxylic acids is 1. The molecule has 0 bridgehead atoms. The third-order valence-electron chi connectivity index (χ3n) is 2.95. The molecule has 0 aromatic carbocycles. The summed E-state index contributed by atoms with van der Waals surface area (Å²) in [6.07, 6.45) is 1.60. The number of carbonyl (C=O) groups is 1. The Morgan fingerprint density at radius 3 is 2.84 bits per heavy atom. The second-order valence-electron chi connectivity index (χ2n) is 4.23. The van der Waals surface area contributed by atoms with Crippen LogP contribution in [-0.4, -0.2) is 48.3 Å². The first-order chi connectivity index (χ1) is 9.22. The smallest absolute Gasteiger partial charge is 0.293 e. The molecule has 104 valence electrons. The second-order valence-corrected chi connectivity index (χ2v) is 4.23. The molecule has 0 radical (unpaired) electrons. The van der Waals surface area contributed by atoms with Crippen molar-refractivity contribution in [1.82, 2.24) is 9.47 Å². The molecule has 0 unspecified atom stereocenters. The summed E-state index contributed by atoms with van der Waals surface area (Å²) in [7, 11) is 0. The van der Waals surface area contributed by atoms with Crippen LogP contribution in [0.25, 0.3) is 0 Å². The molecular formula is C13H18N2O4. The zero-order valence-electron chi connectivity index (χ0n) is 11.0. The van der Waals surface area contributed by atoms with E-state index in [1.54, 1.807) is 23.2 Å². The monoisotopic (exact) mass is 266 g/mol. The van der Waals surface area contributed by atoms with E-state index in [0.717, 1.165) is 0 Å². The van der Waals surface area contributed by atoms with Crippen LogP contribution in [0, 0.1) is 0 Å². The van der Waals surface area contributed by atoms with Crippen LogP contribution in [0.5, 0.6) is 5.75 Å². The van der Waals surface area contributed by atoms with Gasteiger partial charge in [-0.05, 0) is 19.1 Å². The maximum absolute atomic E-state index is 12.1. The number of aromatic nitrogens is 1. The van der Waals surface area contributed by atoms with Crippen molar-refractivity contribution in [2.24, 2.45) is 0 Å². The van der Waals surface area contributed by atoms with E-state index in [9.17, 15) is 9.59 Å². The van der Waals surface area contributed by atoms with Gasteiger partial charge in [-0.2, -0.15) is 0 Å². The minimum absolute atomic E-state index is 0.0414. The molecule has 0 N–H and O–H groups in total. The van der Waals surface area contributed by atoms with Gasteiger partial charge in [0.05, 0.1) is 19.8 Å². The summed E-state index contributed by atoms with van der Waals surface area (Å²) in [5.41, 5.74) is -0.272. The average Bonchev–Trinajstić information content (AvgIpc) is 2.44. The van der Waals surface area contributed by atoms with Gasteiger partial charge < -0.3 is 18.9 Å². The van der Waals surface area contributed by atoms with E-state index in [0.29, 0.717) is 32.9 Å². The van der Waals surface area contributed by atoms with Gasteiger partial charge in [0.25, 0.3) is 5.56 Å². The van der Waals surface area contributed by atoms with E-state index in [1.807, 2.05) is 6.92 Å². The normalized spacial score (nSPS) is 15.3. The molecule has 1 aliphatic rings. The topological polar surface area (TPSA) is 60.8 Å². The second kappa shape index (κ2) is 6.38. The molecule has 0 spiro atoms. The highest BCUT2D eigenvalue weighted by molar-refractivity contribution is 5.76. The van der Waals surface area contributed by atoms with Gasteiger partial charge in [-0.15, -0.1) is 0 Å². The Balaban J connectivity index is 2.08. The van der Waals surface area contributed by atoms with Crippen molar-refractivity contribution < 1.29 is 14.3 Å². The highest BCUT2D eigenvalue weighted by Crippen LogP contribution is 2.03. The first-order valence-corrected chi connectivity index (χ1v) is 6.40. The van der Waals surface area contributed by atoms with Gasteiger partial charge in [0.2, 0.25) is 5.91 Å². The van der Waals surface area contributed by atoms with Crippen molar-refractivity contribution in [3.63, 3.8) is 0 Å². The fourth-order valence-corrected chi connectivity index (χ4v) is 1.96. The summed E-state index contributed by atoms with van der Waals surface area (Å²) in [6, 6.07) is 3.32. The molecule has 0 aliphatic carbocycles. The van der Waals surface area contributed by atoms with Crippen molar-refractivity contribution in [3.05, 3.63) is 28.7 Å². The van der Waals surface area contributed by atoms with Crippen molar-refractivity contribution in [1.29, 1.82) is 0 Å². The summed E-state index contributed by atoms with van der Waals surface area (Å²) in [4.78, 5) is 25.8. The summed E-state index contributed by atoms with van der Waals surface area (Å²) in [5, 5.41) is 0. The largest absolute Gasteiger partial charge is 0.488 e. The third kappa shape index (κ3) is 3.35. The fraction of sp³-hybridized carbons (Fsp3) is 0.538. The van der Waals surface area contributed by atoms with Crippen LogP contribution in [0.3, 0.4) is 0 Å². The van der Waals surface area contributed by atoms with Gasteiger partial charge in [0.15, 0.2) is 5.75 Å². The molecule has 6 nitrogen and oxygen atoms in total. The molecule has 2 heterocycles. The third-order valence-corrected chi connectivity index (χ3v) is 2.95. The maximum atomic E-state index is 12.1. The number of pyridine rings is 1. The minimum Gasteiger partial charge on any atom is -0.488 e. The van der Waals surface area contributed by atoms with E-state index in [2.05, 4.69) is 0 Å². The maximum Gasteiger partial charge on any atom is 0.293 e. The fourth-order valence-electron chi connectivity index (χ4n) is 1.96. The van der Waals surface area contributed by atoms with Gasteiger partial charge in [0, 0.05) is 19.3 Å². The van der Waals surface area contributed by atoms with Crippen LogP contribution in [0.2, 0.25) is 0 Å². The standard InChI is InChI=1S/C13H18N2O4/c1-2-19-11-4-3-5-15(13(11)17)10-12(16)14-6-8-18-9-7-14/h3-5H,2,6-10H2,1H3. The quantitative estimate of drug-likeness (QED) is 0.776. The summed E-state index contributed by atoms with van der Waals surface area (Å²) >= 11 is 0. The molecule has 19 heavy (non-hydrogen) atoms. The Bertz CT molecular complexity index is 492. The Morgan fingerprint density at radius 1 is 1.42 bits per heavy atom. The lowest BCUT2D eigenvalue weighted by Crippen LogP contribution is -2.43. The molecule has 1 aromatic heterocycles. The van der Waals surface area contributed by atoms with Crippen molar-refractivity contribution in [2.75, 3.05) is 32.9 Å². The average molecular weight is 266 g/mol. The lowest BCUT2D eigenvalue weighted by atomic mass is 10.3. The Labute approximate surface area is 111 Å². The number of nitrogens with zero attached hydrogens (tertiary/aromatic N) is 2. The number of amides is 1. The molecule has 2 rings (SSSR count). The molecule has 1 fully saturated rings. The first kappa shape index (κ1) is 13.6. The molecule has 1 amide bonds. The first-order valence-electron chi connectivity index (χ1n) is 6.40. The van der Waals surface area contributed by atoms with Crippen LogP contribution in [0.4, 0.5) is 0 Å². The van der Waals surface area contributed by atoms with Crippen molar-refractivity contribution >= 4 is 5.91 Å². The van der Waals surface area contributed by atoms with E-state index in [4.69, 9.17) is 9.47 Å². The van der Waals surface area contributed by atoms with Crippen LogP contribution in [0.1, 0.15) is 6.92 Å². The SMILES string of the molecule is CCOc1cccn(CC(=O)N2CCOCC2)c1=O. The van der Waals surface area contributed by atoms with Crippen molar-refractivity contribution in [3.8, 4) is 5.75 Å². The van der Waals surface area contributed by atoms with Gasteiger partial charge in [-0.3, -0.25) is 9.59 Å². The van der Waals surface area contributed by atoms with Crippen LogP contribution in [-0.2, 0) is 16.1 Å². The molecule has 0 saturated carbocycles. The predicted octanol–water partition coefficient (Wildman–Crippen LogP) is 0.106. The number of ether oxygens (including phenoxy) is 2. The Morgan fingerprint density at radius 2 is 2.16 bits per heavy atom. The lowest BCUT2D eigenvalue weighted by Gasteiger charge is -2.27. The van der Waals surface area contributed by atoms with Crippen LogP contribution >= 0.6 is 0 Å². The molecule has 0 atom stereocenters. The van der Waals surface area contributed by atoms with E-state index in [1.165, 1.54) is 4.57 Å². The van der Waals surface area contributed by atoms with Gasteiger partial charge in [-0.25, -0.2) is 0 Å². The van der Waals surface area contributed by atoms with Gasteiger partial charge in [0.1, 0.15) is 6.54 Å². The molecular weight excluding hydrogens is 248 g/mol. The van der Waals surface area contributed by atoms with Crippen LogP contribution < -0.4 is 10.3 Å². The van der Waals surface area contributed by atoms with Gasteiger partial charge >= 0.3 is 0 Å². The van der Waals surface area contributed by atoms with Crippen molar-refractivity contribution in [2.45, 2.75) is 13.5 Å². The number of hydrogen-bond donors (Lipinski definition) is 0. The predicted molar refractivity (Wildman–Crippen MR) is 69.3 cm³/mol. The minimum atomic E-state index is -0.272. The number of hydrogen-bond acceptors (Lipinski definition) is 4. The molecule has 6 heteroatoms. The summed E-state index contributed by atoms with van der Waals surface area (Å²) in [6.45, 7) is 4.56. The highest BCUT2D eigenvalue weighted by atomic mass is 16.5. The Hall–Kier alpha value is -1.82. The van der Waals surface area contributed by atoms with E-state index >= 15 is 0 Å². The van der Waals surface area contributed by atoms with Crippen LogP contribution in [0.15, 0.2) is 23.1 Å². The zero-order valence-corrected chi connectivity index (χ0v) is 11.0. The lowest BCUT2D eigenvalue weighted by molar-refractivity contribution is -0.135. The molecule has 1 saturated heterocycles. The highest BCUT2D eigenvalue weighted by Gasteiger charge is 2.17. The van der Waals surface area contributed by atoms with E-state index in [-0.39, 0.29) is 23.8 Å². The van der Waals surface area contributed by atoms with Gasteiger partial charge in [-0.1, -0.05) is 0 Å². The number of rotatable bonds is 4. The summed E-state index contributed by atoms with van der Waals surface area (Å²) in [5.74, 6) is 0.207.